The average molecular weight is 451 g/mol. The second-order valence-corrected chi connectivity index (χ2v) is 10.1. The van der Waals surface area contributed by atoms with Crippen LogP contribution in [0, 0.1) is 0 Å². The molecule has 1 aromatic rings. The molecular formula is C26H46N2O4+2. The third kappa shape index (κ3) is 7.34. The summed E-state index contributed by atoms with van der Waals surface area (Å²) in [7, 11) is 0. The molecular weight excluding hydrogens is 404 g/mol. The van der Waals surface area contributed by atoms with E-state index in [1.54, 1.807) is 0 Å². The lowest BCUT2D eigenvalue weighted by atomic mass is 10.1. The lowest BCUT2D eigenvalue weighted by Gasteiger charge is -2.42. The molecule has 2 saturated heterocycles. The van der Waals surface area contributed by atoms with Crippen LogP contribution >= 0.6 is 0 Å². The molecule has 0 aliphatic carbocycles. The summed E-state index contributed by atoms with van der Waals surface area (Å²) in [5.41, 5.74) is 0. The first-order valence-corrected chi connectivity index (χ1v) is 12.9. The molecule has 2 unspecified atom stereocenters. The number of aliphatic hydroxyl groups excluding tert-OH is 2. The number of hydrogen-bond acceptors (Lipinski definition) is 4. The highest BCUT2D eigenvalue weighted by Crippen LogP contribution is 2.23. The van der Waals surface area contributed by atoms with Crippen LogP contribution in [-0.4, -0.2) is 97.0 Å². The minimum absolute atomic E-state index is 0.294. The third-order valence-corrected chi connectivity index (χ3v) is 7.76. The van der Waals surface area contributed by atoms with Gasteiger partial charge in [0.05, 0.1) is 39.3 Å². The summed E-state index contributed by atoms with van der Waals surface area (Å²) in [6, 6.07) is 7.55. The van der Waals surface area contributed by atoms with E-state index < -0.39 is 12.2 Å². The van der Waals surface area contributed by atoms with Gasteiger partial charge in [-0.3, -0.25) is 0 Å². The first-order chi connectivity index (χ1) is 15.5. The molecule has 2 aliphatic heterocycles. The second kappa shape index (κ2) is 12.2. The number of piperidine rings is 2. The maximum atomic E-state index is 10.6. The predicted molar refractivity (Wildman–Crippen MR) is 128 cm³/mol. The summed E-state index contributed by atoms with van der Waals surface area (Å²) in [5.74, 6) is 1.40. The van der Waals surface area contributed by atoms with E-state index in [1.807, 2.05) is 24.3 Å². The first kappa shape index (κ1) is 25.3. The van der Waals surface area contributed by atoms with Gasteiger partial charge in [0.2, 0.25) is 0 Å². The smallest absolute Gasteiger partial charge is 0.137 e. The van der Waals surface area contributed by atoms with E-state index in [0.717, 1.165) is 61.3 Å². The zero-order valence-corrected chi connectivity index (χ0v) is 20.4. The van der Waals surface area contributed by atoms with Crippen molar-refractivity contribution in [1.82, 2.24) is 0 Å². The SMILES string of the molecule is CC[N+]1(CC(O)COc2cccc(OCC(O)C[N+]3(CC)CCCCC3)c2)CCCCC1. The van der Waals surface area contributed by atoms with Gasteiger partial charge in [-0.1, -0.05) is 6.07 Å². The summed E-state index contributed by atoms with van der Waals surface area (Å²) in [4.78, 5) is 0. The molecule has 2 aliphatic rings. The Morgan fingerprint density at radius 3 is 1.50 bits per heavy atom. The number of hydrogen-bond donors (Lipinski definition) is 2. The number of quaternary nitrogens is 2. The topological polar surface area (TPSA) is 58.9 Å². The van der Waals surface area contributed by atoms with Gasteiger partial charge in [-0.05, 0) is 64.5 Å². The molecule has 6 heteroatoms. The molecule has 2 N–H and O–H groups in total. The van der Waals surface area contributed by atoms with Crippen LogP contribution in [0.5, 0.6) is 11.5 Å². The molecule has 0 aromatic heterocycles. The van der Waals surface area contributed by atoms with E-state index >= 15 is 0 Å². The van der Waals surface area contributed by atoms with Crippen LogP contribution in [0.4, 0.5) is 0 Å². The summed E-state index contributed by atoms with van der Waals surface area (Å²) in [5, 5.41) is 21.2. The van der Waals surface area contributed by atoms with E-state index in [0.29, 0.717) is 24.7 Å². The molecule has 0 amide bonds. The van der Waals surface area contributed by atoms with Crippen LogP contribution in [-0.2, 0) is 0 Å². The van der Waals surface area contributed by atoms with Crippen molar-refractivity contribution in [2.24, 2.45) is 0 Å². The van der Waals surface area contributed by atoms with Crippen LogP contribution in [0.3, 0.4) is 0 Å². The predicted octanol–water partition coefficient (Wildman–Crippen LogP) is 3.21. The Labute approximate surface area is 194 Å². The Balaban J connectivity index is 1.44. The summed E-state index contributed by atoms with van der Waals surface area (Å²) in [6.45, 7) is 13.4. The van der Waals surface area contributed by atoms with Gasteiger partial charge in [-0.25, -0.2) is 0 Å². The van der Waals surface area contributed by atoms with E-state index in [2.05, 4.69) is 13.8 Å². The first-order valence-electron chi connectivity index (χ1n) is 12.9. The van der Waals surface area contributed by atoms with Crippen molar-refractivity contribution in [3.63, 3.8) is 0 Å². The number of likely N-dealkylation sites (tertiary alicyclic amines) is 2. The number of ether oxygens (including phenoxy) is 2. The highest BCUT2D eigenvalue weighted by atomic mass is 16.5. The normalized spacial score (nSPS) is 22.1. The summed E-state index contributed by atoms with van der Waals surface area (Å²) < 4.78 is 13.8. The summed E-state index contributed by atoms with van der Waals surface area (Å²) >= 11 is 0. The maximum Gasteiger partial charge on any atom is 0.137 e. The van der Waals surface area contributed by atoms with Crippen LogP contribution in [0.2, 0.25) is 0 Å². The van der Waals surface area contributed by atoms with Crippen molar-refractivity contribution < 1.29 is 28.7 Å². The molecule has 6 nitrogen and oxygen atoms in total. The van der Waals surface area contributed by atoms with E-state index in [4.69, 9.17) is 9.47 Å². The molecule has 0 saturated carbocycles. The van der Waals surface area contributed by atoms with E-state index in [-0.39, 0.29) is 0 Å². The number of benzene rings is 1. The molecule has 0 radical (unpaired) electrons. The second-order valence-electron chi connectivity index (χ2n) is 10.1. The Hall–Kier alpha value is -1.34. The fourth-order valence-electron chi connectivity index (χ4n) is 5.66. The molecule has 32 heavy (non-hydrogen) atoms. The van der Waals surface area contributed by atoms with Crippen molar-refractivity contribution in [1.29, 1.82) is 0 Å². The Morgan fingerprint density at radius 2 is 1.12 bits per heavy atom. The monoisotopic (exact) mass is 450 g/mol. The summed E-state index contributed by atoms with van der Waals surface area (Å²) in [6.07, 6.45) is 6.70. The molecule has 0 bridgehead atoms. The fraction of sp³-hybridized carbons (Fsp3) is 0.769. The van der Waals surface area contributed by atoms with Gasteiger partial charge in [0, 0.05) is 6.07 Å². The number of rotatable bonds is 12. The van der Waals surface area contributed by atoms with E-state index in [9.17, 15) is 10.2 Å². The minimum atomic E-state index is -0.474. The number of nitrogens with zero attached hydrogens (tertiary/aromatic N) is 2. The molecule has 1 aromatic carbocycles. The molecule has 0 spiro atoms. The van der Waals surface area contributed by atoms with Gasteiger partial charge >= 0.3 is 0 Å². The highest BCUT2D eigenvalue weighted by molar-refractivity contribution is 5.33. The number of aliphatic hydroxyl groups is 2. The van der Waals surface area contributed by atoms with Gasteiger partial charge in [0.15, 0.2) is 0 Å². The van der Waals surface area contributed by atoms with Gasteiger partial charge in [-0.15, -0.1) is 0 Å². The van der Waals surface area contributed by atoms with Crippen molar-refractivity contribution in [2.45, 2.75) is 64.6 Å². The van der Waals surface area contributed by atoms with Crippen LogP contribution in [0.15, 0.2) is 24.3 Å². The maximum absolute atomic E-state index is 10.6. The zero-order valence-electron chi connectivity index (χ0n) is 20.4. The number of likely N-dealkylation sites (N-methyl/N-ethyl adjacent to an activating group) is 2. The van der Waals surface area contributed by atoms with Crippen molar-refractivity contribution >= 4 is 0 Å². The standard InChI is InChI=1S/C26H46N2O4/c1-3-27(14-7-5-8-15-27)19-23(29)21-31-25-12-11-13-26(18-25)32-22-24(30)20-28(4-2)16-9-6-10-17-28/h11-13,18,23-24,29-30H,3-10,14-17,19-22H2,1-2H3/q+2. The van der Waals surface area contributed by atoms with Crippen molar-refractivity contribution in [3.05, 3.63) is 24.3 Å². The fourth-order valence-corrected chi connectivity index (χ4v) is 5.66. The zero-order chi connectivity index (χ0) is 22.9. The van der Waals surface area contributed by atoms with Crippen LogP contribution in [0.1, 0.15) is 52.4 Å². The van der Waals surface area contributed by atoms with Gasteiger partial charge < -0.3 is 28.7 Å². The van der Waals surface area contributed by atoms with Crippen LogP contribution in [0.25, 0.3) is 0 Å². The molecule has 3 rings (SSSR count). The average Bonchev–Trinajstić information content (AvgIpc) is 2.83. The quantitative estimate of drug-likeness (QED) is 0.480. The van der Waals surface area contributed by atoms with Gasteiger partial charge in [0.1, 0.15) is 50.0 Å². The minimum Gasteiger partial charge on any atom is -0.491 e. The highest BCUT2D eigenvalue weighted by Gasteiger charge is 2.32. The Bertz CT molecular complexity index is 618. The Morgan fingerprint density at radius 1 is 0.719 bits per heavy atom. The van der Waals surface area contributed by atoms with Gasteiger partial charge in [-0.2, -0.15) is 0 Å². The largest absolute Gasteiger partial charge is 0.491 e. The molecule has 2 heterocycles. The van der Waals surface area contributed by atoms with E-state index in [1.165, 1.54) is 38.5 Å². The van der Waals surface area contributed by atoms with Crippen molar-refractivity contribution in [3.8, 4) is 11.5 Å². The molecule has 2 fully saturated rings. The lowest BCUT2D eigenvalue weighted by molar-refractivity contribution is -0.933. The van der Waals surface area contributed by atoms with Gasteiger partial charge in [0.25, 0.3) is 0 Å². The third-order valence-electron chi connectivity index (χ3n) is 7.76. The molecule has 2 atom stereocenters. The van der Waals surface area contributed by atoms with Crippen LogP contribution < -0.4 is 9.47 Å². The Kier molecular flexibility index (Phi) is 9.65. The molecule has 182 valence electrons. The lowest BCUT2D eigenvalue weighted by Crippen LogP contribution is -2.55. The van der Waals surface area contributed by atoms with Crippen molar-refractivity contribution in [2.75, 3.05) is 65.6 Å².